The monoisotopic (exact) mass is 320 g/mol. The summed E-state index contributed by atoms with van der Waals surface area (Å²) in [6, 6.07) is 5.57. The molecule has 6 nitrogen and oxygen atoms in total. The van der Waals surface area contributed by atoms with E-state index in [9.17, 15) is 9.90 Å². The minimum atomic E-state index is -0.760. The van der Waals surface area contributed by atoms with Crippen molar-refractivity contribution in [2.24, 2.45) is 5.92 Å². The lowest BCUT2D eigenvalue weighted by atomic mass is 9.99. The van der Waals surface area contributed by atoms with Gasteiger partial charge in [0.25, 0.3) is 0 Å². The van der Waals surface area contributed by atoms with Gasteiger partial charge in [0.05, 0.1) is 0 Å². The van der Waals surface area contributed by atoms with Crippen LogP contribution in [0.5, 0.6) is 11.5 Å². The fourth-order valence-electron chi connectivity index (χ4n) is 3.34. The maximum Gasteiger partial charge on any atom is 0.320 e. The van der Waals surface area contributed by atoms with Gasteiger partial charge in [0.2, 0.25) is 0 Å². The Balaban J connectivity index is 1.62. The number of benzene rings is 1. The van der Waals surface area contributed by atoms with Crippen LogP contribution in [0.3, 0.4) is 0 Å². The number of rotatable bonds is 6. The Kier molecular flexibility index (Phi) is 4.91. The molecule has 2 unspecified atom stereocenters. The van der Waals surface area contributed by atoms with Crippen molar-refractivity contribution in [3.05, 3.63) is 18.2 Å². The summed E-state index contributed by atoms with van der Waals surface area (Å²) < 4.78 is 11.2. The maximum atomic E-state index is 11.3. The molecule has 2 heterocycles. The summed E-state index contributed by atoms with van der Waals surface area (Å²) in [7, 11) is 0. The van der Waals surface area contributed by atoms with Crippen LogP contribution in [-0.2, 0) is 4.79 Å². The zero-order valence-electron chi connectivity index (χ0n) is 13.5. The fraction of sp³-hybridized carbons (Fsp3) is 0.588. The van der Waals surface area contributed by atoms with Crippen molar-refractivity contribution in [1.82, 2.24) is 5.32 Å². The van der Waals surface area contributed by atoms with Crippen LogP contribution in [-0.4, -0.2) is 50.0 Å². The molecule has 3 rings (SSSR count). The van der Waals surface area contributed by atoms with Crippen LogP contribution in [0.25, 0.3) is 0 Å². The van der Waals surface area contributed by atoms with E-state index in [-0.39, 0.29) is 0 Å². The average Bonchev–Trinajstić information content (AvgIpc) is 3.02. The Morgan fingerprint density at radius 2 is 2.17 bits per heavy atom. The summed E-state index contributed by atoms with van der Waals surface area (Å²) in [5.41, 5.74) is 1.12. The minimum absolute atomic E-state index is 0.392. The standard InChI is InChI=1S/C17H24N2O4/c1-2-18-14(17(20)21)9-12-5-6-19(11-12)13-3-4-15-16(10-13)23-8-7-22-15/h3-4,10,12,14,18H,2,5-9,11H2,1H3,(H,20,21). The molecular formula is C17H24N2O4. The van der Waals surface area contributed by atoms with Gasteiger partial charge in [-0.15, -0.1) is 0 Å². The van der Waals surface area contributed by atoms with Crippen molar-refractivity contribution < 1.29 is 19.4 Å². The zero-order valence-corrected chi connectivity index (χ0v) is 13.5. The summed E-state index contributed by atoms with van der Waals surface area (Å²) in [6.07, 6.45) is 1.69. The molecule has 0 bridgehead atoms. The van der Waals surface area contributed by atoms with Gasteiger partial charge in [-0.3, -0.25) is 4.79 Å². The molecule has 1 aromatic rings. The van der Waals surface area contributed by atoms with Crippen molar-refractivity contribution in [3.63, 3.8) is 0 Å². The van der Waals surface area contributed by atoms with Gasteiger partial charge in [0.1, 0.15) is 19.3 Å². The number of fused-ring (bicyclic) bond motifs is 1. The first-order valence-corrected chi connectivity index (χ1v) is 8.28. The number of aliphatic carboxylic acids is 1. The molecule has 2 N–H and O–H groups in total. The summed E-state index contributed by atoms with van der Waals surface area (Å²) >= 11 is 0. The first-order chi connectivity index (χ1) is 11.2. The molecule has 0 spiro atoms. The fourth-order valence-corrected chi connectivity index (χ4v) is 3.34. The second kappa shape index (κ2) is 7.08. The minimum Gasteiger partial charge on any atom is -0.486 e. The molecule has 0 saturated carbocycles. The Labute approximate surface area is 136 Å². The Hall–Kier alpha value is -1.95. The maximum absolute atomic E-state index is 11.3. The Bertz CT molecular complexity index is 564. The number of likely N-dealkylation sites (N-methyl/N-ethyl adjacent to an activating group) is 1. The largest absolute Gasteiger partial charge is 0.486 e. The molecule has 2 aliphatic heterocycles. The third kappa shape index (κ3) is 3.69. The molecule has 1 saturated heterocycles. The van der Waals surface area contributed by atoms with Crippen molar-refractivity contribution in [2.45, 2.75) is 25.8 Å². The van der Waals surface area contributed by atoms with Crippen LogP contribution in [0.4, 0.5) is 5.69 Å². The van der Waals surface area contributed by atoms with Gasteiger partial charge in [-0.25, -0.2) is 0 Å². The highest BCUT2D eigenvalue weighted by Crippen LogP contribution is 2.36. The molecule has 1 aromatic carbocycles. The molecule has 0 amide bonds. The van der Waals surface area contributed by atoms with Gasteiger partial charge in [-0.05, 0) is 37.4 Å². The van der Waals surface area contributed by atoms with Gasteiger partial charge >= 0.3 is 5.97 Å². The molecular weight excluding hydrogens is 296 g/mol. The van der Waals surface area contributed by atoms with E-state index >= 15 is 0 Å². The van der Waals surface area contributed by atoms with Crippen molar-refractivity contribution in [1.29, 1.82) is 0 Å². The van der Waals surface area contributed by atoms with Gasteiger partial charge in [-0.2, -0.15) is 0 Å². The number of carbonyl (C=O) groups is 1. The van der Waals surface area contributed by atoms with E-state index in [0.717, 1.165) is 36.7 Å². The second-order valence-electron chi connectivity index (χ2n) is 6.11. The number of carboxylic acids is 1. The number of hydrogen-bond donors (Lipinski definition) is 2. The molecule has 126 valence electrons. The normalized spacial score (nSPS) is 21.3. The number of anilines is 1. The van der Waals surface area contributed by atoms with Crippen LogP contribution in [0.15, 0.2) is 18.2 Å². The van der Waals surface area contributed by atoms with Crippen LogP contribution in [0, 0.1) is 5.92 Å². The van der Waals surface area contributed by atoms with E-state index in [0.29, 0.717) is 32.1 Å². The van der Waals surface area contributed by atoms with E-state index in [4.69, 9.17) is 9.47 Å². The molecule has 1 fully saturated rings. The number of carboxylic acid groups (broad SMARTS) is 1. The van der Waals surface area contributed by atoms with Crippen LogP contribution >= 0.6 is 0 Å². The van der Waals surface area contributed by atoms with E-state index in [1.807, 2.05) is 19.1 Å². The zero-order chi connectivity index (χ0) is 16.2. The first-order valence-electron chi connectivity index (χ1n) is 8.28. The Morgan fingerprint density at radius 3 is 2.91 bits per heavy atom. The third-order valence-corrected chi connectivity index (χ3v) is 4.49. The highest BCUT2D eigenvalue weighted by atomic mass is 16.6. The van der Waals surface area contributed by atoms with Crippen molar-refractivity contribution >= 4 is 11.7 Å². The first kappa shape index (κ1) is 15.9. The number of ether oxygens (including phenoxy) is 2. The summed E-state index contributed by atoms with van der Waals surface area (Å²) in [6.45, 7) is 5.63. The van der Waals surface area contributed by atoms with Crippen molar-refractivity contribution in [2.75, 3.05) is 37.7 Å². The summed E-state index contributed by atoms with van der Waals surface area (Å²) in [5.74, 6) is 1.23. The highest BCUT2D eigenvalue weighted by molar-refractivity contribution is 5.73. The third-order valence-electron chi connectivity index (χ3n) is 4.49. The number of hydrogen-bond acceptors (Lipinski definition) is 5. The molecule has 2 aliphatic rings. The SMILES string of the molecule is CCNC(CC1CCN(c2ccc3c(c2)OCCO3)C1)C(=O)O. The smallest absolute Gasteiger partial charge is 0.320 e. The number of nitrogens with zero attached hydrogens (tertiary/aromatic N) is 1. The second-order valence-corrected chi connectivity index (χ2v) is 6.11. The molecule has 0 aliphatic carbocycles. The highest BCUT2D eigenvalue weighted by Gasteiger charge is 2.28. The molecule has 0 aromatic heterocycles. The lowest BCUT2D eigenvalue weighted by Gasteiger charge is -2.23. The van der Waals surface area contributed by atoms with Gasteiger partial charge in [0.15, 0.2) is 11.5 Å². The van der Waals surface area contributed by atoms with Crippen LogP contribution in [0.1, 0.15) is 19.8 Å². The molecule has 2 atom stereocenters. The van der Waals surface area contributed by atoms with Gasteiger partial charge in [-0.1, -0.05) is 6.92 Å². The number of nitrogens with one attached hydrogen (secondary N) is 1. The summed E-state index contributed by atoms with van der Waals surface area (Å²) in [5, 5.41) is 12.3. The topological polar surface area (TPSA) is 71.0 Å². The average molecular weight is 320 g/mol. The van der Waals surface area contributed by atoms with E-state index < -0.39 is 12.0 Å². The molecule has 23 heavy (non-hydrogen) atoms. The molecule has 0 radical (unpaired) electrons. The lowest BCUT2D eigenvalue weighted by Crippen LogP contribution is -2.38. The van der Waals surface area contributed by atoms with E-state index in [2.05, 4.69) is 16.3 Å². The van der Waals surface area contributed by atoms with Gasteiger partial charge < -0.3 is 24.8 Å². The predicted molar refractivity (Wildman–Crippen MR) is 87.5 cm³/mol. The lowest BCUT2D eigenvalue weighted by molar-refractivity contribution is -0.139. The van der Waals surface area contributed by atoms with E-state index in [1.165, 1.54) is 0 Å². The molecule has 6 heteroatoms. The van der Waals surface area contributed by atoms with Crippen molar-refractivity contribution in [3.8, 4) is 11.5 Å². The van der Waals surface area contributed by atoms with E-state index in [1.54, 1.807) is 0 Å². The quantitative estimate of drug-likeness (QED) is 0.832. The predicted octanol–water partition coefficient (Wildman–Crippen LogP) is 1.74. The van der Waals surface area contributed by atoms with Crippen LogP contribution < -0.4 is 19.7 Å². The van der Waals surface area contributed by atoms with Gasteiger partial charge in [0, 0.05) is 24.8 Å². The summed E-state index contributed by atoms with van der Waals surface area (Å²) in [4.78, 5) is 13.6. The van der Waals surface area contributed by atoms with Crippen LogP contribution in [0.2, 0.25) is 0 Å². The Morgan fingerprint density at radius 1 is 1.39 bits per heavy atom.